The third-order valence-electron chi connectivity index (χ3n) is 5.16. The van der Waals surface area contributed by atoms with Crippen LogP contribution in [0.4, 0.5) is 0 Å². The molecule has 2 heterocycles. The van der Waals surface area contributed by atoms with E-state index < -0.39 is 12.1 Å². The number of aliphatic hydroxyl groups excluding tert-OH is 1. The number of nitrogens with zero attached hydrogens (tertiary/aromatic N) is 2. The van der Waals surface area contributed by atoms with Crippen molar-refractivity contribution in [1.82, 2.24) is 9.88 Å². The molecular formula is C21H26N2O4S. The molecule has 6 nitrogen and oxygen atoms in total. The van der Waals surface area contributed by atoms with Gasteiger partial charge in [-0.1, -0.05) is 30.3 Å². The normalized spacial score (nSPS) is 17.8. The summed E-state index contributed by atoms with van der Waals surface area (Å²) in [7, 11) is 0. The standard InChI is InChI=1S/C21H26N2O4S/c24-17(13-15-5-2-1-3-6-15)10-8-16-9-11-20(25)23(16)12-4-7-19-22-18(14-28-19)21(26)27/h1-3,5-6,14,16-17,24H,4,7-13H2,(H,26,27)/t16-,17?/m0/s1. The molecule has 0 aliphatic carbocycles. The van der Waals surface area contributed by atoms with Crippen molar-refractivity contribution >= 4 is 23.2 Å². The number of aryl methyl sites for hydroxylation is 1. The van der Waals surface area contributed by atoms with Crippen LogP contribution in [-0.2, 0) is 17.6 Å². The Hall–Kier alpha value is -2.25. The van der Waals surface area contributed by atoms with Gasteiger partial charge < -0.3 is 15.1 Å². The summed E-state index contributed by atoms with van der Waals surface area (Å²) in [6.45, 7) is 0.653. The lowest BCUT2D eigenvalue weighted by Crippen LogP contribution is -2.34. The van der Waals surface area contributed by atoms with E-state index in [4.69, 9.17) is 5.11 Å². The Morgan fingerprint density at radius 2 is 2.11 bits per heavy atom. The fourth-order valence-corrected chi connectivity index (χ4v) is 4.51. The number of aromatic nitrogens is 1. The van der Waals surface area contributed by atoms with Gasteiger partial charge in [-0.25, -0.2) is 9.78 Å². The molecule has 7 heteroatoms. The molecule has 2 aromatic rings. The van der Waals surface area contributed by atoms with E-state index in [0.29, 0.717) is 32.2 Å². The minimum atomic E-state index is -1.01. The van der Waals surface area contributed by atoms with Crippen LogP contribution in [0.25, 0.3) is 0 Å². The number of carboxylic acid groups (broad SMARTS) is 1. The maximum atomic E-state index is 12.2. The average molecular weight is 403 g/mol. The van der Waals surface area contributed by atoms with E-state index in [0.717, 1.165) is 29.8 Å². The van der Waals surface area contributed by atoms with Crippen LogP contribution in [0.2, 0.25) is 0 Å². The van der Waals surface area contributed by atoms with Gasteiger partial charge in [0.25, 0.3) is 0 Å². The predicted molar refractivity (Wildman–Crippen MR) is 108 cm³/mol. The van der Waals surface area contributed by atoms with E-state index >= 15 is 0 Å². The third kappa shape index (κ3) is 5.62. The average Bonchev–Trinajstić information content (AvgIpc) is 3.29. The SMILES string of the molecule is O=C(O)c1csc(CCCN2C(=O)CC[C@@H]2CCC(O)Cc2ccccc2)n1. The number of benzene rings is 1. The summed E-state index contributed by atoms with van der Waals surface area (Å²) < 4.78 is 0. The highest BCUT2D eigenvalue weighted by molar-refractivity contribution is 7.09. The molecule has 0 bridgehead atoms. The Morgan fingerprint density at radius 1 is 1.32 bits per heavy atom. The highest BCUT2D eigenvalue weighted by atomic mass is 32.1. The van der Waals surface area contributed by atoms with Gasteiger partial charge in [0.15, 0.2) is 5.69 Å². The van der Waals surface area contributed by atoms with E-state index in [-0.39, 0.29) is 17.6 Å². The second-order valence-electron chi connectivity index (χ2n) is 7.24. The van der Waals surface area contributed by atoms with Gasteiger partial charge >= 0.3 is 5.97 Å². The third-order valence-corrected chi connectivity index (χ3v) is 6.07. The molecule has 1 aromatic carbocycles. The van der Waals surface area contributed by atoms with Crippen molar-refractivity contribution in [3.05, 3.63) is 52.0 Å². The maximum absolute atomic E-state index is 12.2. The summed E-state index contributed by atoms with van der Waals surface area (Å²) in [6, 6.07) is 10.1. The van der Waals surface area contributed by atoms with Gasteiger partial charge in [-0.3, -0.25) is 4.79 Å². The minimum Gasteiger partial charge on any atom is -0.476 e. The van der Waals surface area contributed by atoms with Crippen LogP contribution < -0.4 is 0 Å². The highest BCUT2D eigenvalue weighted by Gasteiger charge is 2.30. The van der Waals surface area contributed by atoms with Crippen molar-refractivity contribution in [1.29, 1.82) is 0 Å². The fraction of sp³-hybridized carbons (Fsp3) is 0.476. The van der Waals surface area contributed by atoms with E-state index in [1.165, 1.54) is 11.3 Å². The topological polar surface area (TPSA) is 90.7 Å². The molecule has 1 fully saturated rings. The van der Waals surface area contributed by atoms with Crippen molar-refractivity contribution in [3.63, 3.8) is 0 Å². The Kier molecular flexibility index (Phi) is 7.17. The van der Waals surface area contributed by atoms with Gasteiger partial charge in [0.1, 0.15) is 0 Å². The van der Waals surface area contributed by atoms with Crippen LogP contribution in [-0.4, -0.2) is 50.7 Å². The summed E-state index contributed by atoms with van der Waals surface area (Å²) in [5, 5.41) is 21.6. The van der Waals surface area contributed by atoms with Gasteiger partial charge in [-0.15, -0.1) is 11.3 Å². The molecule has 1 aliphatic rings. The monoisotopic (exact) mass is 402 g/mol. The molecule has 0 spiro atoms. The van der Waals surface area contributed by atoms with Crippen molar-refractivity contribution < 1.29 is 19.8 Å². The predicted octanol–water partition coefficient (Wildman–Crippen LogP) is 3.15. The number of likely N-dealkylation sites (tertiary alicyclic amines) is 1. The largest absolute Gasteiger partial charge is 0.476 e. The number of amides is 1. The van der Waals surface area contributed by atoms with Crippen molar-refractivity contribution in [2.75, 3.05) is 6.54 Å². The lowest BCUT2D eigenvalue weighted by atomic mass is 10.0. The zero-order chi connectivity index (χ0) is 19.9. The Labute approximate surface area is 168 Å². The molecule has 1 unspecified atom stereocenters. The van der Waals surface area contributed by atoms with Crippen LogP contribution >= 0.6 is 11.3 Å². The number of carbonyl (C=O) groups excluding carboxylic acids is 1. The fourth-order valence-electron chi connectivity index (χ4n) is 3.70. The molecule has 1 aromatic heterocycles. The van der Waals surface area contributed by atoms with Crippen LogP contribution in [0.1, 0.15) is 53.2 Å². The lowest BCUT2D eigenvalue weighted by molar-refractivity contribution is -0.129. The molecule has 1 saturated heterocycles. The first-order valence-electron chi connectivity index (χ1n) is 9.72. The summed E-state index contributed by atoms with van der Waals surface area (Å²) in [5.74, 6) is -0.834. The molecule has 28 heavy (non-hydrogen) atoms. The molecule has 150 valence electrons. The summed E-state index contributed by atoms with van der Waals surface area (Å²) in [5.41, 5.74) is 1.21. The number of carbonyl (C=O) groups is 2. The first kappa shape index (κ1) is 20.5. The molecule has 0 saturated carbocycles. The minimum absolute atomic E-state index is 0.0857. The number of hydrogen-bond acceptors (Lipinski definition) is 5. The van der Waals surface area contributed by atoms with Crippen molar-refractivity contribution in [3.8, 4) is 0 Å². The number of thiazole rings is 1. The van der Waals surface area contributed by atoms with Gasteiger partial charge in [-0.2, -0.15) is 0 Å². The van der Waals surface area contributed by atoms with Crippen molar-refractivity contribution in [2.24, 2.45) is 0 Å². The zero-order valence-electron chi connectivity index (χ0n) is 15.8. The van der Waals surface area contributed by atoms with Crippen LogP contribution in [0.5, 0.6) is 0 Å². The van der Waals surface area contributed by atoms with Gasteiger partial charge in [0.05, 0.1) is 11.1 Å². The Bertz CT molecular complexity index is 793. The van der Waals surface area contributed by atoms with Crippen molar-refractivity contribution in [2.45, 2.75) is 57.1 Å². The number of hydrogen-bond donors (Lipinski definition) is 2. The second kappa shape index (κ2) is 9.80. The quantitative estimate of drug-likeness (QED) is 0.637. The molecule has 0 radical (unpaired) electrons. The molecule has 1 amide bonds. The van der Waals surface area contributed by atoms with E-state index in [2.05, 4.69) is 4.98 Å². The smallest absolute Gasteiger partial charge is 0.355 e. The molecule has 2 N–H and O–H groups in total. The van der Waals surface area contributed by atoms with Gasteiger partial charge in [0, 0.05) is 30.8 Å². The van der Waals surface area contributed by atoms with Gasteiger partial charge in [-0.05, 0) is 37.7 Å². The molecule has 2 atom stereocenters. The summed E-state index contributed by atoms with van der Waals surface area (Å²) >= 11 is 1.35. The molecule has 3 rings (SSSR count). The number of aliphatic hydroxyl groups is 1. The zero-order valence-corrected chi connectivity index (χ0v) is 16.6. The van der Waals surface area contributed by atoms with Crippen LogP contribution in [0.15, 0.2) is 35.7 Å². The second-order valence-corrected chi connectivity index (χ2v) is 8.18. The lowest BCUT2D eigenvalue weighted by Gasteiger charge is -2.25. The first-order chi connectivity index (χ1) is 13.5. The van der Waals surface area contributed by atoms with Gasteiger partial charge in [0.2, 0.25) is 5.91 Å². The maximum Gasteiger partial charge on any atom is 0.355 e. The summed E-state index contributed by atoms with van der Waals surface area (Å²) in [6.07, 6.45) is 4.57. The number of rotatable bonds is 10. The number of aromatic carboxylic acids is 1. The molecular weight excluding hydrogens is 376 g/mol. The van der Waals surface area contributed by atoms with E-state index in [1.54, 1.807) is 5.38 Å². The summed E-state index contributed by atoms with van der Waals surface area (Å²) in [4.78, 5) is 29.2. The van der Waals surface area contributed by atoms with Crippen LogP contribution in [0.3, 0.4) is 0 Å². The van der Waals surface area contributed by atoms with E-state index in [9.17, 15) is 14.7 Å². The van der Waals surface area contributed by atoms with E-state index in [1.807, 2.05) is 35.2 Å². The Morgan fingerprint density at radius 3 is 2.82 bits per heavy atom. The first-order valence-corrected chi connectivity index (χ1v) is 10.6. The Balaban J connectivity index is 1.44. The highest BCUT2D eigenvalue weighted by Crippen LogP contribution is 2.24. The van der Waals surface area contributed by atoms with Crippen LogP contribution in [0, 0.1) is 0 Å². The molecule has 1 aliphatic heterocycles. The number of carboxylic acids is 1.